The number of piperidine rings is 3. The Kier molecular flexibility index (Phi) is 3.48. The number of aryl methyl sites for hydroxylation is 1. The Balaban J connectivity index is 1.87. The summed E-state index contributed by atoms with van der Waals surface area (Å²) in [6, 6.07) is 9.98. The van der Waals surface area contributed by atoms with Gasteiger partial charge in [-0.25, -0.2) is 9.77 Å². The minimum absolute atomic E-state index is 0.144. The van der Waals surface area contributed by atoms with Gasteiger partial charge in [0.05, 0.1) is 5.39 Å². The molecule has 0 amide bonds. The summed E-state index contributed by atoms with van der Waals surface area (Å²) in [7, 11) is 2.00. The molecular weight excluding hydrogens is 300 g/mol. The number of aliphatic hydroxyl groups excluding tert-OH is 1. The molecule has 3 fully saturated rings. The summed E-state index contributed by atoms with van der Waals surface area (Å²) in [5, 5.41) is 23.2. The minimum Gasteiger partial charge on any atom is -0.502 e. The van der Waals surface area contributed by atoms with Crippen LogP contribution < -0.4 is 4.57 Å². The Morgan fingerprint density at radius 1 is 1.33 bits per heavy atom. The monoisotopic (exact) mass is 324 g/mol. The van der Waals surface area contributed by atoms with Crippen molar-refractivity contribution >= 4 is 16.7 Å². The van der Waals surface area contributed by atoms with Gasteiger partial charge in [0.2, 0.25) is 5.52 Å². The van der Waals surface area contributed by atoms with Gasteiger partial charge in [-0.15, -0.1) is 6.58 Å². The highest BCUT2D eigenvalue weighted by Gasteiger charge is 2.50. The van der Waals surface area contributed by atoms with Crippen LogP contribution in [-0.4, -0.2) is 28.0 Å². The van der Waals surface area contributed by atoms with Gasteiger partial charge < -0.3 is 5.11 Å². The minimum atomic E-state index is -0.144. The molecule has 2 N–H and O–H groups in total. The Morgan fingerprint density at radius 3 is 2.88 bits per heavy atom. The van der Waals surface area contributed by atoms with E-state index in [-0.39, 0.29) is 10.4 Å². The van der Waals surface area contributed by atoms with Gasteiger partial charge in [0.15, 0.2) is 17.7 Å². The summed E-state index contributed by atoms with van der Waals surface area (Å²) >= 11 is 0. The SMILES string of the molecule is C=C[C@H]1C[N@+]2(O)CC[C@H]1C/C2=C(/O)c1cc[n+](C)c2ccccc12. The third-order valence-electron chi connectivity index (χ3n) is 5.82. The maximum Gasteiger partial charge on any atom is 0.212 e. The van der Waals surface area contributed by atoms with Crippen LogP contribution in [0.4, 0.5) is 0 Å². The van der Waals surface area contributed by atoms with E-state index in [0.29, 0.717) is 24.9 Å². The van der Waals surface area contributed by atoms with Crippen molar-refractivity contribution in [3.63, 3.8) is 0 Å². The summed E-state index contributed by atoms with van der Waals surface area (Å²) in [5.74, 6) is 1.03. The van der Waals surface area contributed by atoms with Gasteiger partial charge in [-0.1, -0.05) is 18.2 Å². The van der Waals surface area contributed by atoms with E-state index < -0.39 is 0 Å². The normalized spacial score (nSPS) is 31.2. The van der Waals surface area contributed by atoms with E-state index in [1.165, 1.54) is 0 Å². The van der Waals surface area contributed by atoms with Crippen molar-refractivity contribution in [2.24, 2.45) is 18.9 Å². The van der Waals surface area contributed by atoms with Crippen molar-refractivity contribution in [2.45, 2.75) is 12.8 Å². The number of aliphatic hydroxyl groups is 1. The first kappa shape index (κ1) is 15.4. The number of para-hydroxylation sites is 1. The third-order valence-corrected chi connectivity index (χ3v) is 5.82. The maximum absolute atomic E-state index is 11.1. The highest BCUT2D eigenvalue weighted by atomic mass is 16.5. The van der Waals surface area contributed by atoms with E-state index in [4.69, 9.17) is 0 Å². The molecule has 3 aliphatic rings. The molecule has 0 radical (unpaired) electrons. The maximum atomic E-state index is 11.1. The number of hydroxylamine groups is 3. The Bertz CT molecular complexity index is 858. The lowest BCUT2D eigenvalue weighted by Gasteiger charge is -2.47. The van der Waals surface area contributed by atoms with Crippen LogP contribution in [0.3, 0.4) is 0 Å². The van der Waals surface area contributed by atoms with Crippen LogP contribution in [0.2, 0.25) is 0 Å². The first-order valence-corrected chi connectivity index (χ1v) is 8.56. The predicted octanol–water partition coefficient (Wildman–Crippen LogP) is 3.32. The number of hydrogen-bond acceptors (Lipinski definition) is 2. The molecule has 0 unspecified atom stereocenters. The van der Waals surface area contributed by atoms with E-state index >= 15 is 0 Å². The van der Waals surface area contributed by atoms with Gasteiger partial charge in [0.25, 0.3) is 0 Å². The average molecular weight is 324 g/mol. The smallest absolute Gasteiger partial charge is 0.212 e. The second-order valence-corrected chi connectivity index (χ2v) is 7.13. The molecule has 4 heteroatoms. The molecule has 0 spiro atoms. The molecule has 0 aliphatic carbocycles. The lowest BCUT2D eigenvalue weighted by atomic mass is 9.76. The van der Waals surface area contributed by atoms with Crippen LogP contribution in [-0.2, 0) is 7.05 Å². The highest BCUT2D eigenvalue weighted by molar-refractivity contribution is 5.88. The number of allylic oxidation sites excluding steroid dienone is 1. The van der Waals surface area contributed by atoms with Crippen LogP contribution >= 0.6 is 0 Å². The molecular formula is C20H24N2O2+2. The molecule has 3 atom stereocenters. The molecule has 1 aromatic heterocycles. The standard InChI is InChI=1S/C20H23N2O2/c1-3-14-13-22(24)11-9-15(14)12-19(22)20(23)17-8-10-21(2)18-7-5-4-6-16(17)18/h3-8,10,14-15,24H,1,9,11-13H2,2H3/q+1/p+1/b20-19-/t14-,15-,22+/m0/s1. The summed E-state index contributed by atoms with van der Waals surface area (Å²) in [6.07, 6.45) is 5.63. The van der Waals surface area contributed by atoms with Gasteiger partial charge in [-0.05, 0) is 12.0 Å². The van der Waals surface area contributed by atoms with E-state index in [0.717, 1.165) is 35.0 Å². The van der Waals surface area contributed by atoms with Crippen molar-refractivity contribution in [3.05, 3.63) is 60.4 Å². The fraction of sp³-hybridized carbons (Fsp3) is 0.350. The molecule has 3 aliphatic heterocycles. The molecule has 124 valence electrons. The zero-order valence-corrected chi connectivity index (χ0v) is 14.0. The van der Waals surface area contributed by atoms with Crippen LogP contribution in [0.5, 0.6) is 0 Å². The van der Waals surface area contributed by atoms with Crippen molar-refractivity contribution in [2.75, 3.05) is 13.1 Å². The average Bonchev–Trinajstić information content (AvgIpc) is 2.61. The Hall–Kier alpha value is -2.17. The van der Waals surface area contributed by atoms with Crippen molar-refractivity contribution in [1.82, 2.24) is 0 Å². The predicted molar refractivity (Wildman–Crippen MR) is 92.9 cm³/mol. The molecule has 2 bridgehead atoms. The molecule has 5 rings (SSSR count). The van der Waals surface area contributed by atoms with E-state index in [2.05, 4.69) is 6.58 Å². The first-order valence-electron chi connectivity index (χ1n) is 8.56. The second-order valence-electron chi connectivity index (χ2n) is 7.13. The van der Waals surface area contributed by atoms with E-state index in [1.54, 1.807) is 0 Å². The molecule has 2 aromatic rings. The van der Waals surface area contributed by atoms with Crippen LogP contribution in [0.15, 0.2) is 54.9 Å². The largest absolute Gasteiger partial charge is 0.502 e. The number of pyridine rings is 1. The summed E-state index contributed by atoms with van der Waals surface area (Å²) < 4.78 is 1.90. The molecule has 3 saturated heterocycles. The van der Waals surface area contributed by atoms with Crippen LogP contribution in [0, 0.1) is 11.8 Å². The number of fused-ring (bicyclic) bond motifs is 4. The quantitative estimate of drug-likeness (QED) is 0.385. The van der Waals surface area contributed by atoms with Crippen molar-refractivity contribution in [1.29, 1.82) is 0 Å². The molecule has 4 heterocycles. The number of hydrogen-bond donors (Lipinski definition) is 2. The van der Waals surface area contributed by atoms with E-state index in [1.807, 2.05) is 54.2 Å². The van der Waals surface area contributed by atoms with Gasteiger partial charge >= 0.3 is 0 Å². The molecule has 24 heavy (non-hydrogen) atoms. The summed E-state index contributed by atoms with van der Waals surface area (Å²) in [5.41, 5.74) is 2.61. The zero-order chi connectivity index (χ0) is 16.9. The highest BCUT2D eigenvalue weighted by Crippen LogP contribution is 2.45. The fourth-order valence-electron chi connectivity index (χ4n) is 4.39. The Labute approximate surface area is 142 Å². The Morgan fingerprint density at radius 2 is 2.12 bits per heavy atom. The van der Waals surface area contributed by atoms with Gasteiger partial charge in [0.1, 0.15) is 20.1 Å². The van der Waals surface area contributed by atoms with Crippen molar-refractivity contribution < 1.29 is 19.5 Å². The zero-order valence-electron chi connectivity index (χ0n) is 14.0. The fourth-order valence-corrected chi connectivity index (χ4v) is 4.39. The number of rotatable bonds is 2. The van der Waals surface area contributed by atoms with Crippen molar-refractivity contribution in [3.8, 4) is 0 Å². The first-order chi connectivity index (χ1) is 11.5. The van der Waals surface area contributed by atoms with Gasteiger partial charge in [-0.3, -0.25) is 0 Å². The lowest BCUT2D eigenvalue weighted by Crippen LogP contribution is -2.58. The topological polar surface area (TPSA) is 44.3 Å². The third kappa shape index (κ3) is 2.18. The number of quaternary nitrogens is 1. The molecule has 0 saturated carbocycles. The summed E-state index contributed by atoms with van der Waals surface area (Å²) in [4.78, 5) is 0. The number of benzene rings is 1. The van der Waals surface area contributed by atoms with Gasteiger partial charge in [-0.2, -0.15) is 4.65 Å². The number of aromatic nitrogens is 1. The number of nitrogens with zero attached hydrogens (tertiary/aromatic N) is 2. The molecule has 4 nitrogen and oxygen atoms in total. The van der Waals surface area contributed by atoms with Crippen LogP contribution in [0.1, 0.15) is 18.4 Å². The van der Waals surface area contributed by atoms with Crippen LogP contribution in [0.25, 0.3) is 16.7 Å². The summed E-state index contributed by atoms with van der Waals surface area (Å²) in [6.45, 7) is 5.20. The van der Waals surface area contributed by atoms with E-state index in [9.17, 15) is 10.3 Å². The molecule has 1 aromatic carbocycles. The van der Waals surface area contributed by atoms with Gasteiger partial charge in [0, 0.05) is 36.5 Å². The lowest BCUT2D eigenvalue weighted by molar-refractivity contribution is -1.08. The second kappa shape index (κ2) is 5.43.